The van der Waals surface area contributed by atoms with Gasteiger partial charge in [-0.2, -0.15) is 10.4 Å². The molecule has 0 amide bonds. The molecule has 3 unspecified atom stereocenters. The Balaban J connectivity index is 2.44. The first-order valence-electron chi connectivity index (χ1n) is 6.62. The number of aryl methyl sites for hydroxylation is 2. The van der Waals surface area contributed by atoms with E-state index >= 15 is 0 Å². The van der Waals surface area contributed by atoms with Gasteiger partial charge in [0.1, 0.15) is 6.10 Å². The Kier molecular flexibility index (Phi) is 3.55. The van der Waals surface area contributed by atoms with Gasteiger partial charge in [0.25, 0.3) is 0 Å². The minimum Gasteiger partial charge on any atom is -0.481 e. The van der Waals surface area contributed by atoms with Crippen LogP contribution in [0.5, 0.6) is 5.88 Å². The molecular weight excluding hydrogens is 242 g/mol. The summed E-state index contributed by atoms with van der Waals surface area (Å²) in [5.74, 6) is 1.01. The Morgan fingerprint density at radius 3 is 2.79 bits per heavy atom. The number of methoxy groups -OCH3 is 1. The number of aromatic nitrogens is 2. The topological polar surface area (TPSA) is 71.1 Å². The summed E-state index contributed by atoms with van der Waals surface area (Å²) in [6, 6.07) is 2.35. The molecule has 1 aliphatic carbocycles. The van der Waals surface area contributed by atoms with Crippen LogP contribution in [0.25, 0.3) is 0 Å². The molecule has 1 aromatic rings. The van der Waals surface area contributed by atoms with Crippen molar-refractivity contribution in [2.45, 2.75) is 39.2 Å². The summed E-state index contributed by atoms with van der Waals surface area (Å²) in [5, 5.41) is 24.6. The molecule has 0 saturated heterocycles. The zero-order valence-electron chi connectivity index (χ0n) is 12.0. The number of nitrogens with zero attached hydrogens (tertiary/aromatic N) is 3. The van der Waals surface area contributed by atoms with E-state index in [1.807, 2.05) is 6.92 Å². The molecule has 0 radical (unpaired) electrons. The van der Waals surface area contributed by atoms with Crippen LogP contribution in [0.1, 0.15) is 43.5 Å². The second kappa shape index (κ2) is 4.86. The average molecular weight is 263 g/mol. The number of ether oxygens (including phenoxy) is 1. The van der Waals surface area contributed by atoms with Crippen molar-refractivity contribution in [3.63, 3.8) is 0 Å². The van der Waals surface area contributed by atoms with Gasteiger partial charge < -0.3 is 9.84 Å². The van der Waals surface area contributed by atoms with Gasteiger partial charge in [-0.15, -0.1) is 0 Å². The lowest BCUT2D eigenvalue weighted by atomic mass is 9.78. The zero-order chi connectivity index (χ0) is 14.2. The van der Waals surface area contributed by atoms with Crippen molar-refractivity contribution in [1.82, 2.24) is 9.78 Å². The molecule has 5 nitrogen and oxygen atoms in total. The molecule has 3 atom stereocenters. The summed E-state index contributed by atoms with van der Waals surface area (Å²) >= 11 is 0. The minimum atomic E-state index is -0.842. The van der Waals surface area contributed by atoms with Gasteiger partial charge in [0, 0.05) is 7.05 Å². The summed E-state index contributed by atoms with van der Waals surface area (Å²) in [7, 11) is 3.33. The molecule has 1 heterocycles. The second-order valence-electron chi connectivity index (χ2n) is 5.65. The molecule has 0 bridgehead atoms. The van der Waals surface area contributed by atoms with E-state index in [0.29, 0.717) is 17.4 Å². The van der Waals surface area contributed by atoms with Gasteiger partial charge in [0.05, 0.1) is 29.9 Å². The molecule has 1 saturated carbocycles. The van der Waals surface area contributed by atoms with Crippen molar-refractivity contribution in [3.05, 3.63) is 11.3 Å². The maximum atomic E-state index is 10.7. The molecule has 5 heteroatoms. The maximum Gasteiger partial charge on any atom is 0.217 e. The van der Waals surface area contributed by atoms with Crippen LogP contribution in [0.4, 0.5) is 0 Å². The van der Waals surface area contributed by atoms with Crippen LogP contribution in [0.3, 0.4) is 0 Å². The summed E-state index contributed by atoms with van der Waals surface area (Å²) in [6.45, 7) is 3.96. The predicted molar refractivity (Wildman–Crippen MR) is 70.5 cm³/mol. The number of rotatable bonds is 3. The van der Waals surface area contributed by atoms with Crippen molar-refractivity contribution >= 4 is 0 Å². The Labute approximate surface area is 113 Å². The molecule has 19 heavy (non-hydrogen) atoms. The molecule has 104 valence electrons. The number of aliphatic hydroxyl groups excluding tert-OH is 1. The van der Waals surface area contributed by atoms with Crippen molar-refractivity contribution in [2.24, 2.45) is 18.4 Å². The van der Waals surface area contributed by atoms with E-state index in [1.165, 1.54) is 0 Å². The Morgan fingerprint density at radius 2 is 2.32 bits per heavy atom. The molecule has 1 aliphatic rings. The molecule has 2 rings (SSSR count). The van der Waals surface area contributed by atoms with E-state index in [4.69, 9.17) is 4.74 Å². The zero-order valence-corrected chi connectivity index (χ0v) is 12.0. The maximum absolute atomic E-state index is 10.7. The van der Waals surface area contributed by atoms with Gasteiger partial charge in [-0.1, -0.05) is 6.92 Å². The summed E-state index contributed by atoms with van der Waals surface area (Å²) in [5.41, 5.74) is 0.669. The molecule has 1 fully saturated rings. The van der Waals surface area contributed by atoms with Crippen LogP contribution < -0.4 is 4.74 Å². The van der Waals surface area contributed by atoms with E-state index in [-0.39, 0.29) is 0 Å². The lowest BCUT2D eigenvalue weighted by Gasteiger charge is -2.27. The third-order valence-corrected chi connectivity index (χ3v) is 4.22. The van der Waals surface area contributed by atoms with Crippen LogP contribution in [0, 0.1) is 29.6 Å². The summed E-state index contributed by atoms with van der Waals surface area (Å²) < 4.78 is 6.93. The Morgan fingerprint density at radius 1 is 1.63 bits per heavy atom. The third-order valence-electron chi connectivity index (χ3n) is 4.22. The van der Waals surface area contributed by atoms with Gasteiger partial charge >= 0.3 is 0 Å². The standard InChI is InChI=1S/C14H21N3O2/c1-9-5-6-14(7-9,8-15)12(18)11-10(2)16-17(3)13(11)19-4/h9,12,18H,5-7H2,1-4H3. The van der Waals surface area contributed by atoms with Crippen LogP contribution in [-0.2, 0) is 7.05 Å². The SMILES string of the molecule is COc1c(C(O)C2(C#N)CCC(C)C2)c(C)nn1C. The van der Waals surface area contributed by atoms with E-state index in [1.54, 1.807) is 18.8 Å². The fourth-order valence-electron chi connectivity index (χ4n) is 3.23. The van der Waals surface area contributed by atoms with Crippen molar-refractivity contribution in [3.8, 4) is 11.9 Å². The third kappa shape index (κ3) is 2.10. The van der Waals surface area contributed by atoms with E-state index < -0.39 is 11.5 Å². The number of hydrogen-bond acceptors (Lipinski definition) is 4. The minimum absolute atomic E-state index is 0.470. The first kappa shape index (κ1) is 13.9. The highest BCUT2D eigenvalue weighted by Crippen LogP contribution is 2.51. The monoisotopic (exact) mass is 263 g/mol. The van der Waals surface area contributed by atoms with E-state index in [9.17, 15) is 10.4 Å². The fourth-order valence-corrected chi connectivity index (χ4v) is 3.23. The van der Waals surface area contributed by atoms with Gasteiger partial charge in [-0.3, -0.25) is 0 Å². The first-order chi connectivity index (χ1) is 8.95. The second-order valence-corrected chi connectivity index (χ2v) is 5.65. The van der Waals surface area contributed by atoms with Gasteiger partial charge in [-0.05, 0) is 32.1 Å². The average Bonchev–Trinajstić information content (AvgIpc) is 2.89. The number of hydrogen-bond donors (Lipinski definition) is 1. The normalized spacial score (nSPS) is 28.1. The first-order valence-corrected chi connectivity index (χ1v) is 6.62. The number of nitriles is 1. The van der Waals surface area contributed by atoms with Crippen LogP contribution >= 0.6 is 0 Å². The lowest BCUT2D eigenvalue weighted by Crippen LogP contribution is -2.25. The van der Waals surface area contributed by atoms with Crippen LogP contribution in [0.15, 0.2) is 0 Å². The van der Waals surface area contributed by atoms with Crippen molar-refractivity contribution in [1.29, 1.82) is 5.26 Å². The molecule has 1 N–H and O–H groups in total. The lowest BCUT2D eigenvalue weighted by molar-refractivity contribution is 0.0617. The highest BCUT2D eigenvalue weighted by atomic mass is 16.5. The summed E-state index contributed by atoms with van der Waals surface area (Å²) in [4.78, 5) is 0. The highest BCUT2D eigenvalue weighted by molar-refractivity contribution is 5.36. The van der Waals surface area contributed by atoms with Crippen molar-refractivity contribution in [2.75, 3.05) is 7.11 Å². The molecular formula is C14H21N3O2. The quantitative estimate of drug-likeness (QED) is 0.906. The van der Waals surface area contributed by atoms with Crippen LogP contribution in [0.2, 0.25) is 0 Å². The fraction of sp³-hybridized carbons (Fsp3) is 0.714. The molecule has 1 aromatic heterocycles. The smallest absolute Gasteiger partial charge is 0.217 e. The summed E-state index contributed by atoms with van der Waals surface area (Å²) in [6.07, 6.45) is 1.59. The van der Waals surface area contributed by atoms with Gasteiger partial charge in [0.2, 0.25) is 5.88 Å². The predicted octanol–water partition coefficient (Wildman–Crippen LogP) is 2.10. The van der Waals surface area contributed by atoms with Gasteiger partial charge in [-0.25, -0.2) is 4.68 Å². The molecule has 0 spiro atoms. The molecule has 0 aliphatic heterocycles. The van der Waals surface area contributed by atoms with Crippen LogP contribution in [-0.4, -0.2) is 22.0 Å². The highest BCUT2D eigenvalue weighted by Gasteiger charge is 2.46. The van der Waals surface area contributed by atoms with Gasteiger partial charge in [0.15, 0.2) is 0 Å². The Hall–Kier alpha value is -1.54. The largest absolute Gasteiger partial charge is 0.481 e. The Bertz CT molecular complexity index is 517. The number of aliphatic hydroxyl groups is 1. The van der Waals surface area contributed by atoms with E-state index in [2.05, 4.69) is 18.1 Å². The van der Waals surface area contributed by atoms with Crippen molar-refractivity contribution < 1.29 is 9.84 Å². The van der Waals surface area contributed by atoms with E-state index in [0.717, 1.165) is 25.0 Å². The molecule has 0 aromatic carbocycles.